The van der Waals surface area contributed by atoms with Crippen molar-refractivity contribution in [3.05, 3.63) is 46.7 Å². The van der Waals surface area contributed by atoms with Gasteiger partial charge < -0.3 is 9.47 Å². The Kier molecular flexibility index (Phi) is 5.81. The van der Waals surface area contributed by atoms with Crippen molar-refractivity contribution >= 4 is 34.2 Å². The molecule has 3 aromatic heterocycles. The number of carbonyl (C=O) groups excluding carboxylic acids is 1. The summed E-state index contributed by atoms with van der Waals surface area (Å²) in [5.74, 6) is 1.18. The van der Waals surface area contributed by atoms with E-state index >= 15 is 0 Å². The number of hydrogen-bond acceptors (Lipinski definition) is 7. The molecule has 146 valence electrons. The molecule has 1 amide bonds. The predicted molar refractivity (Wildman–Crippen MR) is 109 cm³/mol. The molecule has 0 radical (unpaired) electrons. The second-order valence-corrected chi connectivity index (χ2v) is 8.11. The second-order valence-electron chi connectivity index (χ2n) is 6.86. The number of ether oxygens (including phenoxy) is 2. The van der Waals surface area contributed by atoms with Gasteiger partial charge in [0, 0.05) is 17.6 Å². The fourth-order valence-electron chi connectivity index (χ4n) is 2.21. The molecule has 9 heteroatoms. The van der Waals surface area contributed by atoms with Crippen LogP contribution in [0.5, 0.6) is 11.5 Å². The van der Waals surface area contributed by atoms with Crippen LogP contribution in [0.4, 0.5) is 9.93 Å². The third-order valence-electron chi connectivity index (χ3n) is 3.34. The van der Waals surface area contributed by atoms with Gasteiger partial charge in [-0.05, 0) is 45.9 Å². The third-order valence-corrected chi connectivity index (χ3v) is 4.30. The van der Waals surface area contributed by atoms with E-state index < -0.39 is 11.7 Å². The molecule has 0 atom stereocenters. The van der Waals surface area contributed by atoms with E-state index in [1.807, 2.05) is 18.4 Å². The lowest BCUT2D eigenvalue weighted by atomic mass is 10.2. The molecular weight excluding hydrogens is 400 g/mol. The van der Waals surface area contributed by atoms with Gasteiger partial charge in [0.25, 0.3) is 0 Å². The zero-order valence-corrected chi connectivity index (χ0v) is 17.4. The number of carbonyl (C=O) groups is 1. The number of rotatable bonds is 4. The van der Waals surface area contributed by atoms with Crippen molar-refractivity contribution in [3.63, 3.8) is 0 Å². The number of anilines is 1. The van der Waals surface area contributed by atoms with Crippen molar-refractivity contribution in [1.82, 2.24) is 15.0 Å². The molecule has 3 aromatic rings. The highest BCUT2D eigenvalue weighted by atomic mass is 35.5. The maximum absolute atomic E-state index is 11.9. The predicted octanol–water partition coefficient (Wildman–Crippen LogP) is 5.70. The van der Waals surface area contributed by atoms with Crippen LogP contribution in [-0.4, -0.2) is 26.6 Å². The van der Waals surface area contributed by atoms with Crippen molar-refractivity contribution in [3.8, 4) is 22.9 Å². The summed E-state index contributed by atoms with van der Waals surface area (Å²) >= 11 is 7.17. The Morgan fingerprint density at radius 1 is 1.18 bits per heavy atom. The van der Waals surface area contributed by atoms with Gasteiger partial charge in [-0.3, -0.25) is 5.32 Å². The Labute approximate surface area is 171 Å². The number of nitrogens with zero attached hydrogens (tertiary/aromatic N) is 3. The van der Waals surface area contributed by atoms with Gasteiger partial charge >= 0.3 is 6.09 Å². The first-order chi connectivity index (χ1) is 13.2. The molecule has 3 rings (SSSR count). The topological polar surface area (TPSA) is 86.2 Å². The van der Waals surface area contributed by atoms with Crippen LogP contribution in [0.1, 0.15) is 26.5 Å². The number of aromatic nitrogens is 3. The molecular formula is C19H19ClN4O3S. The quantitative estimate of drug-likeness (QED) is 0.547. The van der Waals surface area contributed by atoms with Gasteiger partial charge in [0.05, 0.1) is 11.4 Å². The second kappa shape index (κ2) is 8.12. The summed E-state index contributed by atoms with van der Waals surface area (Å²) in [6.07, 6.45) is 1.03. The fraction of sp³-hybridized carbons (Fsp3) is 0.263. The standard InChI is InChI=1S/C19H19ClN4O3S/c1-11-15(26-12-7-8-21-16(20)9-12)6-5-13(22-11)14-10-28-17(23-14)24-18(25)27-19(2,3)4/h5-10H,1-4H3,(H,23,24,25). The molecule has 0 fully saturated rings. The largest absolute Gasteiger partial charge is 0.455 e. The highest BCUT2D eigenvalue weighted by Gasteiger charge is 2.18. The van der Waals surface area contributed by atoms with Gasteiger partial charge in [0.15, 0.2) is 5.13 Å². The summed E-state index contributed by atoms with van der Waals surface area (Å²) in [4.78, 5) is 24.7. The number of thiazole rings is 1. The van der Waals surface area contributed by atoms with Crippen molar-refractivity contribution in [1.29, 1.82) is 0 Å². The van der Waals surface area contributed by atoms with Crippen LogP contribution in [0.3, 0.4) is 0 Å². The summed E-state index contributed by atoms with van der Waals surface area (Å²) in [6, 6.07) is 6.96. The molecule has 28 heavy (non-hydrogen) atoms. The molecule has 0 aliphatic rings. The summed E-state index contributed by atoms with van der Waals surface area (Å²) in [5, 5.41) is 5.24. The van der Waals surface area contributed by atoms with Crippen molar-refractivity contribution in [2.45, 2.75) is 33.3 Å². The molecule has 0 saturated heterocycles. The Morgan fingerprint density at radius 3 is 2.64 bits per heavy atom. The van der Waals surface area contributed by atoms with Crippen molar-refractivity contribution < 1.29 is 14.3 Å². The molecule has 7 nitrogen and oxygen atoms in total. The molecule has 0 spiro atoms. The van der Waals surface area contributed by atoms with E-state index in [1.165, 1.54) is 11.3 Å². The minimum Gasteiger partial charge on any atom is -0.455 e. The average Bonchev–Trinajstić information content (AvgIpc) is 3.03. The number of aryl methyl sites for hydroxylation is 1. The van der Waals surface area contributed by atoms with Crippen LogP contribution >= 0.6 is 22.9 Å². The van der Waals surface area contributed by atoms with E-state index in [9.17, 15) is 4.79 Å². The van der Waals surface area contributed by atoms with Gasteiger partial charge in [-0.15, -0.1) is 11.3 Å². The maximum Gasteiger partial charge on any atom is 0.413 e. The van der Waals surface area contributed by atoms with Crippen LogP contribution < -0.4 is 10.1 Å². The number of amides is 1. The SMILES string of the molecule is Cc1nc(-c2csc(NC(=O)OC(C)(C)C)n2)ccc1Oc1ccnc(Cl)c1. The molecule has 0 bridgehead atoms. The van der Waals surface area contributed by atoms with Gasteiger partial charge in [0.1, 0.15) is 27.9 Å². The van der Waals surface area contributed by atoms with E-state index in [2.05, 4.69) is 20.3 Å². The zero-order valence-electron chi connectivity index (χ0n) is 15.8. The smallest absolute Gasteiger partial charge is 0.413 e. The first kappa shape index (κ1) is 20.0. The molecule has 0 saturated carbocycles. The van der Waals surface area contributed by atoms with Crippen LogP contribution in [0, 0.1) is 6.92 Å². The lowest BCUT2D eigenvalue weighted by molar-refractivity contribution is 0.0636. The lowest BCUT2D eigenvalue weighted by Gasteiger charge is -2.18. The van der Waals surface area contributed by atoms with Gasteiger partial charge in [-0.25, -0.2) is 19.7 Å². The molecule has 0 unspecified atom stereocenters. The summed E-state index contributed by atoms with van der Waals surface area (Å²) in [5.41, 5.74) is 1.45. The van der Waals surface area contributed by atoms with E-state index in [-0.39, 0.29) is 0 Å². The highest BCUT2D eigenvalue weighted by molar-refractivity contribution is 7.14. The fourth-order valence-corrected chi connectivity index (χ4v) is 3.07. The number of nitrogens with one attached hydrogen (secondary N) is 1. The minimum atomic E-state index is -0.572. The summed E-state index contributed by atoms with van der Waals surface area (Å²) in [6.45, 7) is 7.25. The van der Waals surface area contributed by atoms with Crippen molar-refractivity contribution in [2.24, 2.45) is 0 Å². The Balaban J connectivity index is 1.72. The number of halogens is 1. The van der Waals surface area contributed by atoms with Crippen molar-refractivity contribution in [2.75, 3.05) is 5.32 Å². The van der Waals surface area contributed by atoms with E-state index in [1.54, 1.807) is 45.2 Å². The van der Waals surface area contributed by atoms with Crippen LogP contribution in [0.25, 0.3) is 11.4 Å². The number of hydrogen-bond donors (Lipinski definition) is 1. The number of pyridine rings is 2. The molecule has 0 aliphatic carbocycles. The van der Waals surface area contributed by atoms with E-state index in [0.717, 1.165) is 0 Å². The molecule has 0 aromatic carbocycles. The molecule has 0 aliphatic heterocycles. The first-order valence-electron chi connectivity index (χ1n) is 8.42. The van der Waals surface area contributed by atoms with Gasteiger partial charge in [0.2, 0.25) is 0 Å². The van der Waals surface area contributed by atoms with Crippen LogP contribution in [-0.2, 0) is 4.74 Å². The zero-order chi connectivity index (χ0) is 20.3. The van der Waals surface area contributed by atoms with Crippen LogP contribution in [0.2, 0.25) is 5.15 Å². The normalized spacial score (nSPS) is 11.2. The molecule has 3 heterocycles. The lowest BCUT2D eigenvalue weighted by Crippen LogP contribution is -2.27. The summed E-state index contributed by atoms with van der Waals surface area (Å²) < 4.78 is 11.0. The molecule has 1 N–H and O–H groups in total. The van der Waals surface area contributed by atoms with Gasteiger partial charge in [-0.2, -0.15) is 0 Å². The Bertz CT molecular complexity index is 1000. The average molecular weight is 419 g/mol. The van der Waals surface area contributed by atoms with E-state index in [0.29, 0.717) is 38.9 Å². The highest BCUT2D eigenvalue weighted by Crippen LogP contribution is 2.29. The third kappa shape index (κ3) is 5.40. The first-order valence-corrected chi connectivity index (χ1v) is 9.68. The Hall–Kier alpha value is -2.71. The van der Waals surface area contributed by atoms with Crippen LogP contribution in [0.15, 0.2) is 35.8 Å². The van der Waals surface area contributed by atoms with Gasteiger partial charge in [-0.1, -0.05) is 11.6 Å². The maximum atomic E-state index is 11.9. The van der Waals surface area contributed by atoms with E-state index in [4.69, 9.17) is 21.1 Å². The minimum absolute atomic E-state index is 0.354. The Morgan fingerprint density at radius 2 is 1.96 bits per heavy atom. The monoisotopic (exact) mass is 418 g/mol. The summed E-state index contributed by atoms with van der Waals surface area (Å²) in [7, 11) is 0.